The Labute approximate surface area is 568 Å². The zero-order chi connectivity index (χ0) is 68.2. The van der Waals surface area contributed by atoms with Crippen molar-refractivity contribution in [2.45, 2.75) is 407 Å². The van der Waals surface area contributed by atoms with Gasteiger partial charge in [-0.1, -0.05) is 275 Å². The minimum Gasteiger partial charge on any atom is -0.394 e. The van der Waals surface area contributed by atoms with Crippen molar-refractivity contribution in [2.75, 3.05) is 26.4 Å². The molecule has 19 nitrogen and oxygen atoms in total. The first-order valence-corrected chi connectivity index (χ1v) is 38.2. The number of aliphatic hydroxyl groups excluding tert-OH is 11. The van der Waals surface area contributed by atoms with Crippen molar-refractivity contribution in [3.63, 3.8) is 0 Å². The zero-order valence-corrected chi connectivity index (χ0v) is 58.7. The van der Waals surface area contributed by atoms with Gasteiger partial charge in [0.2, 0.25) is 5.91 Å². The molecule has 0 saturated carbocycles. The Hall–Kier alpha value is -1.99. The molecule has 0 spiro atoms. The Kier molecular flexibility index (Phi) is 52.0. The lowest BCUT2D eigenvalue weighted by Crippen LogP contribution is -2.66. The molecule has 3 aliphatic rings. The molecule has 3 rings (SSSR count). The highest BCUT2D eigenvalue weighted by atomic mass is 16.8. The fourth-order valence-corrected chi connectivity index (χ4v) is 13.0. The van der Waals surface area contributed by atoms with Gasteiger partial charge in [-0.2, -0.15) is 0 Å². The lowest BCUT2D eigenvalue weighted by molar-refractivity contribution is -0.379. The van der Waals surface area contributed by atoms with Crippen molar-refractivity contribution in [1.29, 1.82) is 0 Å². The molecule has 17 atom stereocenters. The van der Waals surface area contributed by atoms with E-state index in [1.807, 2.05) is 6.08 Å². The second-order valence-corrected chi connectivity index (χ2v) is 27.5. The number of nitrogens with one attached hydrogen (secondary N) is 1. The number of aliphatic hydroxyl groups is 11. The van der Waals surface area contributed by atoms with Crippen molar-refractivity contribution in [1.82, 2.24) is 5.32 Å². The molecular weight excluding hydrogens is 1200 g/mol. The molecule has 1 amide bonds. The van der Waals surface area contributed by atoms with Crippen LogP contribution in [0.4, 0.5) is 0 Å². The molecule has 552 valence electrons. The Morgan fingerprint density at radius 1 is 0.372 bits per heavy atom. The fraction of sp³-hybridized carbons (Fsp3) is 0.907. The van der Waals surface area contributed by atoms with E-state index in [0.29, 0.717) is 12.8 Å². The Morgan fingerprint density at radius 2 is 0.681 bits per heavy atom. The largest absolute Gasteiger partial charge is 0.394 e. The molecule has 19 heteroatoms. The van der Waals surface area contributed by atoms with Gasteiger partial charge in [-0.25, -0.2) is 0 Å². The predicted octanol–water partition coefficient (Wildman–Crippen LogP) is 11.6. The Balaban J connectivity index is 1.29. The summed E-state index contributed by atoms with van der Waals surface area (Å²) in [6.07, 6.45) is 41.8. The highest BCUT2D eigenvalue weighted by Crippen LogP contribution is 2.33. The minimum absolute atomic E-state index is 0.239. The second-order valence-electron chi connectivity index (χ2n) is 27.5. The molecule has 3 heterocycles. The standard InChI is InChI=1S/C75H139NO18/c1-3-5-7-9-11-13-15-17-18-19-20-21-22-23-24-25-26-27-28-29-30-31-32-33-34-35-36-37-38-39-40-41-43-45-47-49-51-53-63(81)76-58(59(80)52-50-48-46-44-42-16-14-12-10-8-6-4-2)57-89-73-69(87)66(84)71(61(55-78)91-73)94-75-70(88)67(85)72(62(56-79)92-75)93-74-68(86)65(83)64(82)60(54-77)90-74/h19-20,42,44,50,52,58-62,64-75,77-80,82-88H,3-18,21-41,43,45-49,51,53-57H2,1-2H3,(H,76,81)/b20-19-,44-42+,52-50+. The van der Waals surface area contributed by atoms with Gasteiger partial charge in [0.25, 0.3) is 0 Å². The van der Waals surface area contributed by atoms with E-state index in [2.05, 4.69) is 43.5 Å². The summed E-state index contributed by atoms with van der Waals surface area (Å²) in [5, 5.41) is 120. The van der Waals surface area contributed by atoms with Gasteiger partial charge in [0.15, 0.2) is 18.9 Å². The second kappa shape index (κ2) is 56.7. The number of hydrogen-bond donors (Lipinski definition) is 12. The summed E-state index contributed by atoms with van der Waals surface area (Å²) < 4.78 is 34.3. The SMILES string of the molecule is CCCCCCCC/C=C/CC/C=C/C(O)C(COC1OC(CO)C(OC2OC(CO)C(OC3OC(CO)C(O)C(O)C3O)C(O)C2O)C(O)C1O)NC(=O)CCCCCCCCCCCCCCCCCCCCCCCCCCC/C=C\CCCCCCCCCC. The number of unbranched alkanes of at least 4 members (excludes halogenated alkanes) is 40. The van der Waals surface area contributed by atoms with E-state index in [1.54, 1.807) is 6.08 Å². The van der Waals surface area contributed by atoms with E-state index >= 15 is 0 Å². The quantitative estimate of drug-likeness (QED) is 0.0199. The van der Waals surface area contributed by atoms with Crippen LogP contribution in [0.1, 0.15) is 303 Å². The number of hydrogen-bond acceptors (Lipinski definition) is 18. The van der Waals surface area contributed by atoms with Crippen molar-refractivity contribution in [3.8, 4) is 0 Å². The lowest BCUT2D eigenvalue weighted by Gasteiger charge is -2.48. The average molecular weight is 1340 g/mol. The lowest BCUT2D eigenvalue weighted by atomic mass is 9.96. The topological polar surface area (TPSA) is 307 Å². The number of carbonyl (C=O) groups excluding carboxylic acids is 1. The van der Waals surface area contributed by atoms with Gasteiger partial charge in [0.05, 0.1) is 38.6 Å². The first-order valence-electron chi connectivity index (χ1n) is 38.2. The summed E-state index contributed by atoms with van der Waals surface area (Å²) in [6.45, 7) is 1.71. The smallest absolute Gasteiger partial charge is 0.220 e. The van der Waals surface area contributed by atoms with E-state index in [0.717, 1.165) is 38.5 Å². The third-order valence-corrected chi connectivity index (χ3v) is 19.2. The van der Waals surface area contributed by atoms with Gasteiger partial charge < -0.3 is 89.9 Å². The van der Waals surface area contributed by atoms with Crippen LogP contribution in [-0.4, -0.2) is 193 Å². The zero-order valence-electron chi connectivity index (χ0n) is 58.7. The molecule has 0 aromatic carbocycles. The molecule has 0 aromatic rings. The van der Waals surface area contributed by atoms with Crippen LogP contribution in [-0.2, 0) is 33.2 Å². The van der Waals surface area contributed by atoms with Crippen LogP contribution in [0.3, 0.4) is 0 Å². The van der Waals surface area contributed by atoms with Crippen LogP contribution >= 0.6 is 0 Å². The summed E-state index contributed by atoms with van der Waals surface area (Å²) in [5.41, 5.74) is 0. The summed E-state index contributed by atoms with van der Waals surface area (Å²) in [4.78, 5) is 13.4. The summed E-state index contributed by atoms with van der Waals surface area (Å²) >= 11 is 0. The molecule has 3 aliphatic heterocycles. The monoisotopic (exact) mass is 1340 g/mol. The number of amides is 1. The van der Waals surface area contributed by atoms with Gasteiger partial charge in [0, 0.05) is 6.42 Å². The Bertz CT molecular complexity index is 1840. The van der Waals surface area contributed by atoms with Crippen LogP contribution in [0.2, 0.25) is 0 Å². The van der Waals surface area contributed by atoms with Crippen molar-refractivity contribution in [2.24, 2.45) is 0 Å². The third-order valence-electron chi connectivity index (χ3n) is 19.2. The van der Waals surface area contributed by atoms with Crippen LogP contribution in [0.25, 0.3) is 0 Å². The molecular formula is C75H139NO18. The number of allylic oxidation sites excluding steroid dienone is 5. The molecule has 17 unspecified atom stereocenters. The van der Waals surface area contributed by atoms with Gasteiger partial charge in [0.1, 0.15) is 73.2 Å². The van der Waals surface area contributed by atoms with Crippen LogP contribution < -0.4 is 5.32 Å². The van der Waals surface area contributed by atoms with Gasteiger partial charge >= 0.3 is 0 Å². The van der Waals surface area contributed by atoms with E-state index in [1.165, 1.54) is 231 Å². The number of ether oxygens (including phenoxy) is 6. The maximum absolute atomic E-state index is 13.4. The fourth-order valence-electron chi connectivity index (χ4n) is 13.0. The molecule has 3 fully saturated rings. The maximum atomic E-state index is 13.4. The van der Waals surface area contributed by atoms with Crippen molar-refractivity contribution < 1.29 is 89.4 Å². The first kappa shape index (κ1) is 86.2. The number of carbonyl (C=O) groups is 1. The van der Waals surface area contributed by atoms with Gasteiger partial charge in [-0.05, 0) is 57.8 Å². The van der Waals surface area contributed by atoms with Crippen LogP contribution in [0.5, 0.6) is 0 Å². The summed E-state index contributed by atoms with van der Waals surface area (Å²) in [5.74, 6) is -0.282. The molecule has 0 aromatic heterocycles. The average Bonchev–Trinajstić information content (AvgIpc) is 0.787. The molecule has 0 radical (unpaired) electrons. The van der Waals surface area contributed by atoms with E-state index in [-0.39, 0.29) is 18.9 Å². The Morgan fingerprint density at radius 3 is 1.06 bits per heavy atom. The van der Waals surface area contributed by atoms with Crippen LogP contribution in [0, 0.1) is 0 Å². The predicted molar refractivity (Wildman–Crippen MR) is 369 cm³/mol. The van der Waals surface area contributed by atoms with Crippen molar-refractivity contribution >= 4 is 5.91 Å². The minimum atomic E-state index is -1.98. The normalized spacial score (nSPS) is 27.5. The maximum Gasteiger partial charge on any atom is 0.220 e. The number of rotatable bonds is 60. The van der Waals surface area contributed by atoms with E-state index in [4.69, 9.17) is 28.4 Å². The third kappa shape index (κ3) is 37.4. The molecule has 3 saturated heterocycles. The van der Waals surface area contributed by atoms with Crippen molar-refractivity contribution in [3.05, 3.63) is 36.5 Å². The molecule has 0 bridgehead atoms. The summed E-state index contributed by atoms with van der Waals surface area (Å²) in [6, 6.07) is -0.987. The van der Waals surface area contributed by atoms with Gasteiger partial charge in [-0.3, -0.25) is 4.79 Å². The summed E-state index contributed by atoms with van der Waals surface area (Å²) in [7, 11) is 0. The molecule has 0 aliphatic carbocycles. The van der Waals surface area contributed by atoms with Gasteiger partial charge in [-0.15, -0.1) is 0 Å². The van der Waals surface area contributed by atoms with E-state index in [9.17, 15) is 61.0 Å². The molecule has 94 heavy (non-hydrogen) atoms. The first-order chi connectivity index (χ1) is 45.8. The highest BCUT2D eigenvalue weighted by molar-refractivity contribution is 5.76. The highest BCUT2D eigenvalue weighted by Gasteiger charge is 2.53. The van der Waals surface area contributed by atoms with E-state index < -0.39 is 124 Å². The molecule has 12 N–H and O–H groups in total. The van der Waals surface area contributed by atoms with Crippen LogP contribution in [0.15, 0.2) is 36.5 Å².